The summed E-state index contributed by atoms with van der Waals surface area (Å²) in [5.74, 6) is 0. The van der Waals surface area contributed by atoms with Gasteiger partial charge in [-0.1, -0.05) is 28.1 Å². The summed E-state index contributed by atoms with van der Waals surface area (Å²) >= 11 is 7.38. The van der Waals surface area contributed by atoms with Crippen LogP contribution in [0.2, 0.25) is 0 Å². The largest absolute Gasteiger partial charge is 0.343 e. The average molecular weight is 481 g/mol. The summed E-state index contributed by atoms with van der Waals surface area (Å²) in [6.45, 7) is 4.81. The Morgan fingerprint density at radius 1 is 1.23 bits per heavy atom. The third-order valence-electron chi connectivity index (χ3n) is 5.45. The van der Waals surface area contributed by atoms with Gasteiger partial charge in [0.1, 0.15) is 1.37 Å². The number of pyridine rings is 1. The molecule has 4 nitrogen and oxygen atoms in total. The third-order valence-corrected chi connectivity index (χ3v) is 6.98. The van der Waals surface area contributed by atoms with Crippen molar-refractivity contribution in [3.05, 3.63) is 61.3 Å². The number of fused-ring (bicyclic) bond motifs is 2. The van der Waals surface area contributed by atoms with Crippen molar-refractivity contribution in [3.8, 4) is 0 Å². The summed E-state index contributed by atoms with van der Waals surface area (Å²) in [7, 11) is 0. The van der Waals surface area contributed by atoms with Gasteiger partial charge in [0.15, 0.2) is 0 Å². The minimum Gasteiger partial charge on any atom is -0.343 e. The molecule has 1 atom stereocenters. The Kier molecular flexibility index (Phi) is 4.82. The minimum absolute atomic E-state index is 0.0745. The highest BCUT2D eigenvalue weighted by atomic mass is 79.9. The van der Waals surface area contributed by atoms with Gasteiger partial charge in [0, 0.05) is 41.3 Å². The fraction of sp³-hybridized carbons (Fsp3) is 0.400. The lowest BCUT2D eigenvalue weighted by Crippen LogP contribution is -2.47. The Morgan fingerprint density at radius 3 is 2.73 bits per heavy atom. The third kappa shape index (κ3) is 3.23. The van der Waals surface area contributed by atoms with Crippen molar-refractivity contribution in [1.82, 2.24) is 14.8 Å². The van der Waals surface area contributed by atoms with E-state index in [0.717, 1.165) is 36.1 Å². The molecule has 1 fully saturated rings. The molecule has 26 heavy (non-hydrogen) atoms. The van der Waals surface area contributed by atoms with Gasteiger partial charge >= 0.3 is 0 Å². The predicted molar refractivity (Wildman–Crippen MR) is 109 cm³/mol. The quantitative estimate of drug-likeness (QED) is 0.581. The number of rotatable bonds is 1. The van der Waals surface area contributed by atoms with Crippen molar-refractivity contribution in [1.29, 1.82) is 0 Å². The zero-order chi connectivity index (χ0) is 19.1. The summed E-state index contributed by atoms with van der Waals surface area (Å²) in [6.07, 6.45) is 3.23. The lowest BCUT2D eigenvalue weighted by molar-refractivity contribution is -0.119. The van der Waals surface area contributed by atoms with Crippen LogP contribution in [0.4, 0.5) is 0 Å². The molecule has 2 aliphatic rings. The van der Waals surface area contributed by atoms with Crippen molar-refractivity contribution < 1.29 is 6.17 Å². The van der Waals surface area contributed by atoms with Crippen molar-refractivity contribution in [3.63, 3.8) is 0 Å². The lowest BCUT2D eigenvalue weighted by atomic mass is 9.94. The van der Waals surface area contributed by atoms with Crippen LogP contribution in [0, 0.1) is 6.92 Å². The molecule has 1 aliphatic carbocycles. The van der Waals surface area contributed by atoms with Gasteiger partial charge in [-0.15, -0.1) is 0 Å². The molecule has 1 aromatic carbocycles. The number of benzene rings is 1. The van der Waals surface area contributed by atoms with Gasteiger partial charge in [-0.3, -0.25) is 14.7 Å². The molecule has 2 aromatic rings. The van der Waals surface area contributed by atoms with E-state index >= 15 is 0 Å². The Balaban J connectivity index is 1.79. The molecule has 0 radical (unpaired) electrons. The van der Waals surface area contributed by atoms with Gasteiger partial charge in [0.2, 0.25) is 6.39 Å². The Hall–Kier alpha value is -1.24. The Labute approximate surface area is 172 Å². The molecule has 136 valence electrons. The smallest absolute Gasteiger partial charge is 0.209 e. The number of hydrogen-bond donors (Lipinski definition) is 0. The van der Waals surface area contributed by atoms with E-state index < -0.39 is 6.39 Å². The summed E-state index contributed by atoms with van der Waals surface area (Å²) in [6, 6.07) is 6.67. The Morgan fingerprint density at radius 2 is 2.00 bits per heavy atom. The second-order valence-electron chi connectivity index (χ2n) is 6.98. The topological polar surface area (TPSA) is 36.4 Å². The highest BCUT2D eigenvalue weighted by Gasteiger charge is 2.33. The van der Waals surface area contributed by atoms with Crippen LogP contribution in [0.5, 0.6) is 0 Å². The fourth-order valence-corrected chi connectivity index (χ4v) is 4.99. The molecule has 4 rings (SSSR count). The maximum Gasteiger partial charge on any atom is 0.209 e. The van der Waals surface area contributed by atoms with Crippen LogP contribution in [0.15, 0.2) is 33.3 Å². The molecule has 0 bridgehead atoms. The minimum atomic E-state index is -0.586. The number of carbonyl (C=O) groups excluding carboxylic acids is 1. The number of carbonyl (C=O) groups is 1. The van der Waals surface area contributed by atoms with Gasteiger partial charge in [0.25, 0.3) is 0 Å². The molecule has 0 N–H and O–H groups in total. The molecule has 1 aromatic heterocycles. The molecular formula is C20H21Br2N3O. The van der Waals surface area contributed by atoms with E-state index in [1.54, 1.807) is 4.90 Å². The van der Waals surface area contributed by atoms with Crippen molar-refractivity contribution in [2.75, 3.05) is 26.2 Å². The van der Waals surface area contributed by atoms with Crippen LogP contribution in [-0.2, 0) is 17.6 Å². The fourth-order valence-electron chi connectivity index (χ4n) is 4.05. The maximum absolute atomic E-state index is 11.4. The number of aromatic nitrogens is 1. The summed E-state index contributed by atoms with van der Waals surface area (Å²) in [5, 5.41) is 0. The van der Waals surface area contributed by atoms with E-state index in [2.05, 4.69) is 61.9 Å². The molecule has 0 saturated carbocycles. The van der Waals surface area contributed by atoms with Crippen LogP contribution in [-0.4, -0.2) is 47.3 Å². The molecule has 6 heteroatoms. The molecule has 1 saturated heterocycles. The van der Waals surface area contributed by atoms with Gasteiger partial charge in [-0.25, -0.2) is 0 Å². The molecule has 2 heterocycles. The van der Waals surface area contributed by atoms with Crippen molar-refractivity contribution in [2.24, 2.45) is 0 Å². The van der Waals surface area contributed by atoms with Gasteiger partial charge < -0.3 is 4.90 Å². The molecule has 0 unspecified atom stereocenters. The zero-order valence-corrected chi connectivity index (χ0v) is 17.8. The van der Waals surface area contributed by atoms with E-state index in [4.69, 9.17) is 6.35 Å². The first-order valence-corrected chi connectivity index (χ1v) is 10.5. The van der Waals surface area contributed by atoms with Crippen molar-refractivity contribution in [2.45, 2.75) is 25.8 Å². The number of amides is 1. The first-order valence-electron chi connectivity index (χ1n) is 9.37. The SMILES string of the molecule is [3H]C(=O)N1CCN([C@@H]2c3ccc(C)c(Br)c3CCc3cc(Br)cnc32)CC1. The number of aryl methyl sites for hydroxylation is 2. The van der Waals surface area contributed by atoms with Gasteiger partial charge in [-0.05, 0) is 64.0 Å². The van der Waals surface area contributed by atoms with E-state index in [1.807, 2.05) is 6.20 Å². The highest BCUT2D eigenvalue weighted by molar-refractivity contribution is 9.10. The van der Waals surface area contributed by atoms with Crippen LogP contribution in [0.3, 0.4) is 0 Å². The van der Waals surface area contributed by atoms with Crippen LogP contribution in [0.1, 0.15) is 35.4 Å². The lowest BCUT2D eigenvalue weighted by Gasteiger charge is -2.38. The Bertz CT molecular complexity index is 897. The average Bonchev–Trinajstić information content (AvgIpc) is 2.81. The van der Waals surface area contributed by atoms with E-state index in [-0.39, 0.29) is 6.04 Å². The van der Waals surface area contributed by atoms with Crippen molar-refractivity contribution >= 4 is 38.2 Å². The first kappa shape index (κ1) is 16.9. The monoisotopic (exact) mass is 479 g/mol. The van der Waals surface area contributed by atoms with Crippen LogP contribution in [0.25, 0.3) is 0 Å². The normalized spacial score (nSPS) is 20.8. The molecular weight excluding hydrogens is 458 g/mol. The van der Waals surface area contributed by atoms with E-state index in [9.17, 15) is 4.79 Å². The number of nitrogens with zero attached hydrogens (tertiary/aromatic N) is 3. The second kappa shape index (κ2) is 7.41. The highest BCUT2D eigenvalue weighted by Crippen LogP contribution is 2.40. The summed E-state index contributed by atoms with van der Waals surface area (Å²) < 4.78 is 9.57. The maximum atomic E-state index is 11.4. The first-order chi connectivity index (χ1) is 13.0. The number of piperazine rings is 1. The van der Waals surface area contributed by atoms with E-state index in [1.165, 1.54) is 26.7 Å². The summed E-state index contributed by atoms with van der Waals surface area (Å²) in [4.78, 5) is 20.2. The molecule has 0 spiro atoms. The van der Waals surface area contributed by atoms with Crippen LogP contribution < -0.4 is 0 Å². The predicted octanol–water partition coefficient (Wildman–Crippen LogP) is 3.88. The zero-order valence-electron chi connectivity index (χ0n) is 15.6. The molecule has 1 amide bonds. The molecule has 1 aliphatic heterocycles. The van der Waals surface area contributed by atoms with Gasteiger partial charge in [0.05, 0.1) is 11.7 Å². The number of hydrogen-bond acceptors (Lipinski definition) is 3. The summed E-state index contributed by atoms with van der Waals surface area (Å²) in [5.41, 5.74) is 6.28. The second-order valence-corrected chi connectivity index (χ2v) is 8.69. The number of halogens is 2. The standard InChI is InChI=1S/C20H21Br2N3O/c1-13-2-4-17-16(18(13)22)5-3-14-10-15(21)11-23-19(14)20(17)25-8-6-24(12-26)7-9-25/h2,4,10-12,20H,3,5-9H2,1H3/t20-/m1/s1/i12T. The van der Waals surface area contributed by atoms with Gasteiger partial charge in [-0.2, -0.15) is 0 Å². The van der Waals surface area contributed by atoms with E-state index in [0.29, 0.717) is 13.1 Å². The van der Waals surface area contributed by atoms with Crippen LogP contribution >= 0.6 is 31.9 Å².